The van der Waals surface area contributed by atoms with Crippen LogP contribution in [0, 0.1) is 23.2 Å². The van der Waals surface area contributed by atoms with Gasteiger partial charge in [0.2, 0.25) is 5.91 Å². The van der Waals surface area contributed by atoms with Crippen LogP contribution in [-0.2, 0) is 4.79 Å². The van der Waals surface area contributed by atoms with E-state index in [0.29, 0.717) is 11.4 Å². The Kier molecular flexibility index (Phi) is 5.17. The molecule has 4 fully saturated rings. The largest absolute Gasteiger partial charge is 0.355 e. The number of carbonyl (C=O) groups excluding carboxylic acids is 2. The van der Waals surface area contributed by atoms with Crippen LogP contribution in [0.2, 0.25) is 0 Å². The van der Waals surface area contributed by atoms with Crippen molar-refractivity contribution in [1.29, 1.82) is 0 Å². The smallest absolute Gasteiger partial charge is 0.256 e. The van der Waals surface area contributed by atoms with Crippen LogP contribution in [0.3, 0.4) is 0 Å². The maximum absolute atomic E-state index is 13.4. The molecule has 8 rings (SSSR count). The molecule has 4 aromatic rings. The standard InChI is InChI=1S/C31H30N4O2/c36-29(35-28-3-1-2-10-32-28)23-6-9-26-24(14-23)15-27(34-26)22-4-7-25(8-5-22)33-30(37)31-16-19-11-20(17-31)13-21(12-19)18-31/h1-10,14-15,19-21,34H,11-13,16-18H2,(H,33,37)(H,32,35,36). The van der Waals surface area contributed by atoms with Gasteiger partial charge in [-0.2, -0.15) is 0 Å². The quantitative estimate of drug-likeness (QED) is 0.293. The summed E-state index contributed by atoms with van der Waals surface area (Å²) in [6, 6.07) is 21.1. The first-order valence-electron chi connectivity index (χ1n) is 13.3. The van der Waals surface area contributed by atoms with Gasteiger partial charge in [0.05, 0.1) is 5.41 Å². The monoisotopic (exact) mass is 490 g/mol. The maximum atomic E-state index is 13.4. The first-order chi connectivity index (χ1) is 18.0. The minimum absolute atomic E-state index is 0.148. The van der Waals surface area contributed by atoms with Crippen LogP contribution < -0.4 is 10.6 Å². The van der Waals surface area contributed by atoms with Crippen molar-refractivity contribution in [2.75, 3.05) is 10.6 Å². The molecule has 0 atom stereocenters. The second-order valence-corrected chi connectivity index (χ2v) is 11.4. The summed E-state index contributed by atoms with van der Waals surface area (Å²) in [7, 11) is 0. The molecule has 4 saturated carbocycles. The van der Waals surface area contributed by atoms with Gasteiger partial charge in [-0.15, -0.1) is 0 Å². The summed E-state index contributed by atoms with van der Waals surface area (Å²) in [6.45, 7) is 0. The summed E-state index contributed by atoms with van der Waals surface area (Å²) in [6.07, 6.45) is 8.86. The van der Waals surface area contributed by atoms with Crippen LogP contribution in [0.4, 0.5) is 11.5 Å². The lowest BCUT2D eigenvalue weighted by Crippen LogP contribution is -2.51. The number of hydrogen-bond acceptors (Lipinski definition) is 3. The molecule has 0 saturated heterocycles. The number of carbonyl (C=O) groups is 2. The molecule has 2 heterocycles. The van der Waals surface area contributed by atoms with Gasteiger partial charge >= 0.3 is 0 Å². The normalized spacial score (nSPS) is 25.8. The molecule has 4 bridgehead atoms. The van der Waals surface area contributed by atoms with Gasteiger partial charge in [0.25, 0.3) is 5.91 Å². The number of anilines is 2. The van der Waals surface area contributed by atoms with Gasteiger partial charge in [0.1, 0.15) is 5.82 Å². The van der Waals surface area contributed by atoms with Gasteiger partial charge in [-0.25, -0.2) is 4.98 Å². The summed E-state index contributed by atoms with van der Waals surface area (Å²) in [5.74, 6) is 2.82. The number of H-pyrrole nitrogens is 1. The third kappa shape index (κ3) is 4.10. The van der Waals surface area contributed by atoms with Gasteiger partial charge in [-0.05, 0) is 110 Å². The SMILES string of the molecule is O=C(Nc1ccccn1)c1ccc2[nH]c(-c3ccc(NC(=O)C45CC6CC(CC(C6)C4)C5)cc3)cc2c1. The van der Waals surface area contributed by atoms with Crippen molar-refractivity contribution in [2.24, 2.45) is 23.2 Å². The van der Waals surface area contributed by atoms with E-state index in [0.717, 1.165) is 64.9 Å². The highest BCUT2D eigenvalue weighted by Gasteiger charge is 2.54. The number of fused-ring (bicyclic) bond motifs is 1. The van der Waals surface area contributed by atoms with Crippen molar-refractivity contribution in [2.45, 2.75) is 38.5 Å². The lowest BCUT2D eigenvalue weighted by Gasteiger charge is -2.55. The molecule has 37 heavy (non-hydrogen) atoms. The molecule has 4 aliphatic carbocycles. The Labute approximate surface area is 215 Å². The van der Waals surface area contributed by atoms with E-state index in [1.165, 1.54) is 19.3 Å². The number of nitrogens with one attached hydrogen (secondary N) is 3. The van der Waals surface area contributed by atoms with Crippen molar-refractivity contribution < 1.29 is 9.59 Å². The van der Waals surface area contributed by atoms with E-state index < -0.39 is 0 Å². The van der Waals surface area contributed by atoms with Crippen LogP contribution in [0.25, 0.3) is 22.2 Å². The fraction of sp³-hybridized carbons (Fsp3) is 0.323. The lowest BCUT2D eigenvalue weighted by molar-refractivity contribution is -0.140. The number of aromatic amines is 1. The van der Waals surface area contributed by atoms with Crippen molar-refractivity contribution in [3.8, 4) is 11.3 Å². The predicted molar refractivity (Wildman–Crippen MR) is 145 cm³/mol. The molecule has 6 heteroatoms. The highest BCUT2D eigenvalue weighted by Crippen LogP contribution is 2.60. The van der Waals surface area contributed by atoms with Gasteiger partial charge in [0.15, 0.2) is 0 Å². The Morgan fingerprint density at radius 1 is 0.838 bits per heavy atom. The highest BCUT2D eigenvalue weighted by molar-refractivity contribution is 6.06. The molecular weight excluding hydrogens is 460 g/mol. The number of rotatable bonds is 5. The van der Waals surface area contributed by atoms with E-state index in [1.54, 1.807) is 12.3 Å². The Balaban J connectivity index is 1.06. The molecule has 2 aromatic heterocycles. The van der Waals surface area contributed by atoms with Crippen LogP contribution in [-0.4, -0.2) is 21.8 Å². The molecule has 2 aromatic carbocycles. The van der Waals surface area contributed by atoms with Gasteiger partial charge in [-0.3, -0.25) is 9.59 Å². The number of hydrogen-bond donors (Lipinski definition) is 3. The topological polar surface area (TPSA) is 86.9 Å². The van der Waals surface area contributed by atoms with Crippen LogP contribution >= 0.6 is 0 Å². The Morgan fingerprint density at radius 2 is 1.57 bits per heavy atom. The zero-order valence-corrected chi connectivity index (χ0v) is 20.7. The summed E-state index contributed by atoms with van der Waals surface area (Å²) in [4.78, 5) is 33.7. The third-order valence-corrected chi connectivity index (χ3v) is 8.76. The number of benzene rings is 2. The molecule has 2 amide bonds. The van der Waals surface area contributed by atoms with Crippen molar-refractivity contribution in [1.82, 2.24) is 9.97 Å². The van der Waals surface area contributed by atoms with Crippen molar-refractivity contribution in [3.63, 3.8) is 0 Å². The van der Waals surface area contributed by atoms with Gasteiger partial charge in [0, 0.05) is 34.0 Å². The molecular formula is C31H30N4O2. The number of pyridine rings is 1. The van der Waals surface area contributed by atoms with E-state index in [2.05, 4.69) is 26.7 Å². The zero-order valence-electron chi connectivity index (χ0n) is 20.7. The molecule has 6 nitrogen and oxygen atoms in total. The summed E-state index contributed by atoms with van der Waals surface area (Å²) in [5.41, 5.74) is 4.24. The van der Waals surface area contributed by atoms with Crippen molar-refractivity contribution in [3.05, 3.63) is 78.5 Å². The molecule has 3 N–H and O–H groups in total. The van der Waals surface area contributed by atoms with Crippen molar-refractivity contribution >= 4 is 34.2 Å². The van der Waals surface area contributed by atoms with Gasteiger partial charge in [-0.1, -0.05) is 18.2 Å². The summed E-state index contributed by atoms with van der Waals surface area (Å²) < 4.78 is 0. The minimum Gasteiger partial charge on any atom is -0.355 e. The van der Waals surface area contributed by atoms with E-state index in [4.69, 9.17) is 0 Å². The molecule has 0 aliphatic heterocycles. The maximum Gasteiger partial charge on any atom is 0.256 e. The average molecular weight is 491 g/mol. The predicted octanol–water partition coefficient (Wildman–Crippen LogP) is 6.64. The van der Waals surface area contributed by atoms with Crippen LogP contribution in [0.5, 0.6) is 0 Å². The second-order valence-electron chi connectivity index (χ2n) is 11.4. The Hall–Kier alpha value is -3.93. The van der Waals surface area contributed by atoms with Gasteiger partial charge < -0.3 is 15.6 Å². The van der Waals surface area contributed by atoms with E-state index in [-0.39, 0.29) is 17.2 Å². The molecule has 186 valence electrons. The van der Waals surface area contributed by atoms with Crippen LogP contribution in [0.1, 0.15) is 48.9 Å². The molecule has 4 aliphatic rings. The van der Waals surface area contributed by atoms with E-state index >= 15 is 0 Å². The highest BCUT2D eigenvalue weighted by atomic mass is 16.2. The number of amides is 2. The van der Waals surface area contributed by atoms with Crippen LogP contribution in [0.15, 0.2) is 72.9 Å². The fourth-order valence-corrected chi connectivity index (χ4v) is 7.44. The second kappa shape index (κ2) is 8.58. The van der Waals surface area contributed by atoms with E-state index in [1.807, 2.05) is 54.6 Å². The third-order valence-electron chi connectivity index (χ3n) is 8.76. The first kappa shape index (κ1) is 22.3. The Bertz CT molecular complexity index is 1450. The molecule has 0 unspecified atom stereocenters. The first-order valence-corrected chi connectivity index (χ1v) is 13.3. The fourth-order valence-electron chi connectivity index (χ4n) is 7.44. The summed E-state index contributed by atoms with van der Waals surface area (Å²) in [5, 5.41) is 7.04. The van der Waals surface area contributed by atoms with E-state index in [9.17, 15) is 9.59 Å². The zero-order chi connectivity index (χ0) is 25.0. The molecule has 0 spiro atoms. The number of nitrogens with zero attached hydrogens (tertiary/aromatic N) is 1. The lowest BCUT2D eigenvalue weighted by atomic mass is 9.49. The Morgan fingerprint density at radius 3 is 2.24 bits per heavy atom. The molecule has 0 radical (unpaired) electrons. The average Bonchev–Trinajstić information content (AvgIpc) is 3.32. The number of aromatic nitrogens is 2. The minimum atomic E-state index is -0.192. The summed E-state index contributed by atoms with van der Waals surface area (Å²) >= 11 is 0.